The van der Waals surface area contributed by atoms with Crippen LogP contribution in [-0.2, 0) is 15.0 Å². The number of imide groups is 1. The van der Waals surface area contributed by atoms with Crippen molar-refractivity contribution >= 4 is 34.9 Å². The lowest BCUT2D eigenvalue weighted by molar-refractivity contribution is -0.148. The van der Waals surface area contributed by atoms with Crippen molar-refractivity contribution in [1.82, 2.24) is 15.0 Å². The Morgan fingerprint density at radius 1 is 1.12 bits per heavy atom. The third-order valence-corrected chi connectivity index (χ3v) is 6.63. The van der Waals surface area contributed by atoms with E-state index in [4.69, 9.17) is 4.98 Å². The van der Waals surface area contributed by atoms with E-state index in [1.807, 2.05) is 19.1 Å². The molecule has 188 valence electrons. The molecule has 0 aromatic carbocycles. The Morgan fingerprint density at radius 2 is 1.68 bits per heavy atom. The standard InChI is InChI=1S/C26H41N5O2S/c1-10-12-14-30(15-13-11-2)25-28-23(26(5,6)7)22(34-25)16-19(3)20(4)21(17-27)24(33)31(18-32)29(8)9/h16,18H,10-15H2,1-9H3/b19-16+,21-20-. The predicted molar refractivity (Wildman–Crippen MR) is 141 cm³/mol. The van der Waals surface area contributed by atoms with Gasteiger partial charge in [0.05, 0.1) is 10.6 Å². The molecule has 0 bridgehead atoms. The first kappa shape index (κ1) is 29.5. The Morgan fingerprint density at radius 3 is 2.09 bits per heavy atom. The first-order valence-electron chi connectivity index (χ1n) is 11.9. The molecule has 0 aliphatic carbocycles. The number of thiazole rings is 1. The molecular weight excluding hydrogens is 446 g/mol. The smallest absolute Gasteiger partial charge is 0.285 e. The lowest BCUT2D eigenvalue weighted by atomic mass is 9.90. The van der Waals surface area contributed by atoms with E-state index in [1.165, 1.54) is 5.01 Å². The number of nitriles is 1. The molecular formula is C26H41N5O2S. The third kappa shape index (κ3) is 7.78. The third-order valence-electron chi connectivity index (χ3n) is 5.56. The Kier molecular flexibility index (Phi) is 11.6. The highest BCUT2D eigenvalue weighted by atomic mass is 32.1. The van der Waals surface area contributed by atoms with Gasteiger partial charge in [-0.05, 0) is 43.9 Å². The molecule has 1 heterocycles. The fraction of sp³-hybridized carbons (Fsp3) is 0.615. The van der Waals surface area contributed by atoms with Crippen molar-refractivity contribution < 1.29 is 9.59 Å². The van der Waals surface area contributed by atoms with Crippen molar-refractivity contribution in [3.63, 3.8) is 0 Å². The predicted octanol–water partition coefficient (Wildman–Crippen LogP) is 5.55. The first-order chi connectivity index (χ1) is 15.9. The first-order valence-corrected chi connectivity index (χ1v) is 12.8. The van der Waals surface area contributed by atoms with Crippen LogP contribution in [0.5, 0.6) is 0 Å². The van der Waals surface area contributed by atoms with Crippen molar-refractivity contribution in [1.29, 1.82) is 5.26 Å². The highest BCUT2D eigenvalue weighted by molar-refractivity contribution is 7.16. The molecule has 0 unspecified atom stereocenters. The molecule has 0 aliphatic heterocycles. The van der Waals surface area contributed by atoms with Gasteiger partial charge in [-0.25, -0.2) is 15.0 Å². The summed E-state index contributed by atoms with van der Waals surface area (Å²) in [7, 11) is 3.16. The number of allylic oxidation sites excluding steroid dienone is 2. The van der Waals surface area contributed by atoms with Gasteiger partial charge in [-0.1, -0.05) is 58.8 Å². The number of hydrogen-bond acceptors (Lipinski definition) is 7. The van der Waals surface area contributed by atoms with E-state index in [2.05, 4.69) is 39.5 Å². The summed E-state index contributed by atoms with van der Waals surface area (Å²) in [4.78, 5) is 32.6. The SMILES string of the molecule is CCCCN(CCCC)c1nc(C(C)(C)C)c(/C=C(C)/C(C)=C(/C#N)C(=O)N(C=O)N(C)C)s1. The van der Waals surface area contributed by atoms with Gasteiger partial charge in [0, 0.05) is 32.6 Å². The van der Waals surface area contributed by atoms with Crippen LogP contribution in [0.1, 0.15) is 84.7 Å². The normalized spacial score (nSPS) is 12.9. The number of aromatic nitrogens is 1. The molecule has 8 heteroatoms. The molecule has 0 saturated carbocycles. The van der Waals surface area contributed by atoms with Gasteiger partial charge in [-0.15, -0.1) is 0 Å². The van der Waals surface area contributed by atoms with Gasteiger partial charge in [0.2, 0.25) is 6.41 Å². The molecule has 0 atom stereocenters. The van der Waals surface area contributed by atoms with Gasteiger partial charge in [-0.2, -0.15) is 5.26 Å². The van der Waals surface area contributed by atoms with Gasteiger partial charge in [0.25, 0.3) is 5.91 Å². The van der Waals surface area contributed by atoms with Gasteiger partial charge < -0.3 is 4.90 Å². The van der Waals surface area contributed by atoms with Crippen LogP contribution >= 0.6 is 11.3 Å². The van der Waals surface area contributed by atoms with Crippen LogP contribution in [-0.4, -0.2) is 54.5 Å². The molecule has 7 nitrogen and oxygen atoms in total. The summed E-state index contributed by atoms with van der Waals surface area (Å²) in [6, 6.07) is 1.99. The highest BCUT2D eigenvalue weighted by Crippen LogP contribution is 2.36. The van der Waals surface area contributed by atoms with Crippen LogP contribution in [0.2, 0.25) is 0 Å². The minimum Gasteiger partial charge on any atom is -0.348 e. The molecule has 0 fully saturated rings. The maximum absolute atomic E-state index is 12.8. The highest BCUT2D eigenvalue weighted by Gasteiger charge is 2.26. The Bertz CT molecular complexity index is 939. The van der Waals surface area contributed by atoms with Crippen molar-refractivity contribution in [2.24, 2.45) is 0 Å². The van der Waals surface area contributed by atoms with Crippen molar-refractivity contribution in [2.45, 2.75) is 79.6 Å². The Labute approximate surface area is 209 Å². The zero-order valence-corrected chi connectivity index (χ0v) is 23.2. The van der Waals surface area contributed by atoms with E-state index in [1.54, 1.807) is 32.4 Å². The van der Waals surface area contributed by atoms with E-state index < -0.39 is 5.91 Å². The summed E-state index contributed by atoms with van der Waals surface area (Å²) in [6.07, 6.45) is 6.93. The Balaban J connectivity index is 3.54. The van der Waals surface area contributed by atoms with Crippen molar-refractivity contribution in [3.05, 3.63) is 27.3 Å². The van der Waals surface area contributed by atoms with E-state index >= 15 is 0 Å². The molecule has 0 radical (unpaired) electrons. The van der Waals surface area contributed by atoms with Crippen LogP contribution in [0.4, 0.5) is 5.13 Å². The fourth-order valence-corrected chi connectivity index (χ4v) is 4.65. The second kappa shape index (κ2) is 13.4. The molecule has 2 amide bonds. The average Bonchev–Trinajstić information content (AvgIpc) is 3.18. The van der Waals surface area contributed by atoms with Crippen LogP contribution < -0.4 is 4.90 Å². The zero-order chi connectivity index (χ0) is 26.1. The van der Waals surface area contributed by atoms with Crippen LogP contribution in [0, 0.1) is 11.3 Å². The molecule has 1 aromatic heterocycles. The summed E-state index contributed by atoms with van der Waals surface area (Å²) in [6.45, 7) is 16.4. The number of amides is 2. The lowest BCUT2D eigenvalue weighted by Gasteiger charge is -2.22. The molecule has 1 rings (SSSR count). The van der Waals surface area contributed by atoms with E-state index in [0.29, 0.717) is 12.0 Å². The van der Waals surface area contributed by atoms with Crippen molar-refractivity contribution in [2.75, 3.05) is 32.1 Å². The summed E-state index contributed by atoms with van der Waals surface area (Å²) >= 11 is 1.66. The minimum atomic E-state index is -0.640. The number of nitrogens with zero attached hydrogens (tertiary/aromatic N) is 5. The van der Waals surface area contributed by atoms with E-state index in [0.717, 1.165) is 65.1 Å². The molecule has 0 saturated heterocycles. The summed E-state index contributed by atoms with van der Waals surface area (Å²) in [5, 5.41) is 13.0. The van der Waals surface area contributed by atoms with E-state index in [-0.39, 0.29) is 11.0 Å². The molecule has 34 heavy (non-hydrogen) atoms. The topological polar surface area (TPSA) is 80.5 Å². The molecule has 0 aliphatic rings. The van der Waals surface area contributed by atoms with Gasteiger partial charge in [0.1, 0.15) is 11.6 Å². The second-order valence-corrected chi connectivity index (χ2v) is 10.7. The fourth-order valence-electron chi connectivity index (χ4n) is 3.32. The van der Waals surface area contributed by atoms with Crippen LogP contribution in [0.15, 0.2) is 16.7 Å². The minimum absolute atomic E-state index is 0.0517. The zero-order valence-electron chi connectivity index (χ0n) is 22.4. The number of carbonyl (C=O) groups excluding carboxylic acids is 2. The van der Waals surface area contributed by atoms with Crippen LogP contribution in [0.25, 0.3) is 6.08 Å². The monoisotopic (exact) mass is 487 g/mol. The summed E-state index contributed by atoms with van der Waals surface area (Å²) in [5.74, 6) is -0.640. The summed E-state index contributed by atoms with van der Waals surface area (Å²) < 4.78 is 0. The number of hydrazine groups is 1. The summed E-state index contributed by atoms with van der Waals surface area (Å²) in [5.41, 5.74) is 2.13. The Hall–Kier alpha value is -2.50. The second-order valence-electron chi connectivity index (χ2n) is 9.69. The molecule has 1 aromatic rings. The van der Waals surface area contributed by atoms with Crippen molar-refractivity contribution in [3.8, 4) is 6.07 Å². The maximum atomic E-state index is 12.8. The number of hydrogen-bond donors (Lipinski definition) is 0. The quantitative estimate of drug-likeness (QED) is 0.126. The number of anilines is 1. The van der Waals surface area contributed by atoms with Gasteiger partial charge >= 0.3 is 0 Å². The largest absolute Gasteiger partial charge is 0.348 e. The number of carbonyl (C=O) groups is 2. The van der Waals surface area contributed by atoms with Crippen LogP contribution in [0.3, 0.4) is 0 Å². The van der Waals surface area contributed by atoms with Gasteiger partial charge in [-0.3, -0.25) is 9.59 Å². The molecule has 0 N–H and O–H groups in total. The number of rotatable bonds is 12. The molecule has 0 spiro atoms. The van der Waals surface area contributed by atoms with E-state index in [9.17, 15) is 14.9 Å². The average molecular weight is 488 g/mol. The maximum Gasteiger partial charge on any atom is 0.285 e. The number of unbranched alkanes of at least 4 members (excludes halogenated alkanes) is 2. The van der Waals surface area contributed by atoms with Gasteiger partial charge in [0.15, 0.2) is 5.13 Å². The lowest BCUT2D eigenvalue weighted by Crippen LogP contribution is -2.41.